The zero-order valence-corrected chi connectivity index (χ0v) is 23.2. The van der Waals surface area contributed by atoms with Crippen LogP contribution in [-0.2, 0) is 11.3 Å². The van der Waals surface area contributed by atoms with Gasteiger partial charge in [-0.3, -0.25) is 9.69 Å². The minimum atomic E-state index is -0.932. The van der Waals surface area contributed by atoms with E-state index >= 15 is 0 Å². The van der Waals surface area contributed by atoms with Crippen LogP contribution in [0.5, 0.6) is 5.75 Å². The largest absolute Gasteiger partial charge is 0.497 e. The molecule has 2 saturated carbocycles. The number of carboxylic acid groups (broad SMARTS) is 1. The Morgan fingerprint density at radius 3 is 2.52 bits per heavy atom. The summed E-state index contributed by atoms with van der Waals surface area (Å²) in [4.78, 5) is 30.9. The molecule has 3 aliphatic heterocycles. The number of likely N-dealkylation sites (N-methyl/N-ethyl adjacent to an activating group) is 1. The van der Waals surface area contributed by atoms with Crippen LogP contribution >= 0.6 is 0 Å². The molecular weight excluding hydrogens is 502 g/mol. The van der Waals surface area contributed by atoms with E-state index in [0.717, 1.165) is 64.9 Å². The smallest absolute Gasteiger partial charge is 0.335 e. The van der Waals surface area contributed by atoms with Gasteiger partial charge in [0.1, 0.15) is 5.75 Å². The number of likely N-dealkylation sites (tertiary alicyclic amines) is 2. The Bertz CT molecular complexity index is 1620. The second kappa shape index (κ2) is 8.46. The number of aromatic nitrogens is 1. The average Bonchev–Trinajstić information content (AvgIpc) is 3.16. The van der Waals surface area contributed by atoms with Gasteiger partial charge in [0.2, 0.25) is 0 Å². The summed E-state index contributed by atoms with van der Waals surface area (Å²) in [6.45, 7) is 1.36. The van der Waals surface area contributed by atoms with Gasteiger partial charge in [-0.15, -0.1) is 0 Å². The maximum atomic E-state index is 14.3. The van der Waals surface area contributed by atoms with Crippen molar-refractivity contribution in [1.29, 1.82) is 0 Å². The van der Waals surface area contributed by atoms with Gasteiger partial charge in [-0.2, -0.15) is 0 Å². The molecule has 1 spiro atoms. The van der Waals surface area contributed by atoms with Crippen molar-refractivity contribution >= 4 is 28.9 Å². The Morgan fingerprint density at radius 2 is 1.85 bits per heavy atom. The Balaban J connectivity index is 1.33. The van der Waals surface area contributed by atoms with Crippen molar-refractivity contribution in [2.24, 2.45) is 0 Å². The van der Waals surface area contributed by atoms with Crippen LogP contribution in [0.15, 0.2) is 42.0 Å². The summed E-state index contributed by atoms with van der Waals surface area (Å²) < 4.78 is 7.87. The van der Waals surface area contributed by atoms with Crippen LogP contribution in [0.3, 0.4) is 0 Å². The topological polar surface area (TPSA) is 75.0 Å². The number of carboxylic acids is 1. The van der Waals surface area contributed by atoms with Gasteiger partial charge in [-0.1, -0.05) is 25.3 Å². The van der Waals surface area contributed by atoms with E-state index in [1.54, 1.807) is 13.2 Å². The number of nitrogens with zero attached hydrogens (tertiary/aromatic N) is 3. The number of amides is 1. The van der Waals surface area contributed by atoms with Crippen LogP contribution in [-0.4, -0.2) is 69.7 Å². The average molecular weight is 538 g/mol. The molecule has 3 atom stereocenters. The van der Waals surface area contributed by atoms with Crippen molar-refractivity contribution in [2.75, 3.05) is 20.7 Å². The van der Waals surface area contributed by atoms with Gasteiger partial charge in [0.25, 0.3) is 5.91 Å². The minimum absolute atomic E-state index is 0.121. The molecule has 1 N–H and O–H groups in total. The number of carbonyl (C=O) groups is 2. The highest BCUT2D eigenvalue weighted by molar-refractivity contribution is 6.04. The molecule has 8 rings (SSSR count). The van der Waals surface area contributed by atoms with E-state index in [9.17, 15) is 14.7 Å². The second-order valence-corrected chi connectivity index (χ2v) is 12.5. The van der Waals surface area contributed by atoms with Gasteiger partial charge in [-0.05, 0) is 86.2 Å². The fourth-order valence-electron chi connectivity index (χ4n) is 8.73. The van der Waals surface area contributed by atoms with Crippen molar-refractivity contribution in [1.82, 2.24) is 14.4 Å². The molecular formula is C33H35N3O4. The number of fused-ring (bicyclic) bond motifs is 5. The first kappa shape index (κ1) is 24.2. The van der Waals surface area contributed by atoms with E-state index in [0.29, 0.717) is 24.5 Å². The Kier molecular flexibility index (Phi) is 5.13. The number of ether oxygens (including phenoxy) is 1. The molecule has 7 heteroatoms. The van der Waals surface area contributed by atoms with E-state index < -0.39 is 5.97 Å². The lowest BCUT2D eigenvalue weighted by atomic mass is 9.52. The van der Waals surface area contributed by atoms with E-state index in [1.807, 2.05) is 24.3 Å². The lowest BCUT2D eigenvalue weighted by Crippen LogP contribution is -2.95. The number of hydrogen-bond donors (Lipinski definition) is 1. The molecule has 3 unspecified atom stereocenters. The number of benzene rings is 2. The molecule has 40 heavy (non-hydrogen) atoms. The Hall–Kier alpha value is -3.58. The van der Waals surface area contributed by atoms with Gasteiger partial charge in [0.05, 0.1) is 42.5 Å². The number of rotatable bonds is 4. The number of carbonyl (C=O) groups excluding carboxylic acids is 1. The molecule has 2 aliphatic carbocycles. The van der Waals surface area contributed by atoms with Crippen LogP contribution in [0.25, 0.3) is 28.2 Å². The fourth-order valence-corrected chi connectivity index (χ4v) is 8.73. The first-order valence-corrected chi connectivity index (χ1v) is 14.7. The summed E-state index contributed by atoms with van der Waals surface area (Å²) in [5.74, 6) is 0.363. The summed E-state index contributed by atoms with van der Waals surface area (Å²) >= 11 is 0. The van der Waals surface area contributed by atoms with E-state index in [2.05, 4.69) is 33.6 Å². The quantitative estimate of drug-likeness (QED) is 0.475. The normalized spacial score (nSPS) is 27.1. The number of piperidine rings is 1. The molecule has 7 nitrogen and oxygen atoms in total. The summed E-state index contributed by atoms with van der Waals surface area (Å²) in [7, 11) is 3.86. The number of aromatic carboxylic acids is 1. The van der Waals surface area contributed by atoms with Gasteiger partial charge in [0.15, 0.2) is 0 Å². The van der Waals surface area contributed by atoms with Crippen LogP contribution in [0.2, 0.25) is 0 Å². The van der Waals surface area contributed by atoms with Crippen molar-refractivity contribution < 1.29 is 19.4 Å². The molecule has 2 saturated heterocycles. The van der Waals surface area contributed by atoms with Gasteiger partial charge in [-0.25, -0.2) is 4.79 Å². The second-order valence-electron chi connectivity index (χ2n) is 12.5. The van der Waals surface area contributed by atoms with Crippen molar-refractivity contribution in [3.8, 4) is 17.0 Å². The third kappa shape index (κ3) is 3.04. The van der Waals surface area contributed by atoms with E-state index in [1.165, 1.54) is 31.2 Å². The molecule has 4 heterocycles. The highest BCUT2D eigenvalue weighted by Gasteiger charge is 2.74. The summed E-state index contributed by atoms with van der Waals surface area (Å²) in [5.41, 5.74) is 6.66. The van der Waals surface area contributed by atoms with Crippen LogP contribution < -0.4 is 4.74 Å². The van der Waals surface area contributed by atoms with Crippen molar-refractivity contribution in [2.45, 2.75) is 75.0 Å². The summed E-state index contributed by atoms with van der Waals surface area (Å²) in [6, 6.07) is 12.3. The van der Waals surface area contributed by atoms with Crippen LogP contribution in [0.1, 0.15) is 72.3 Å². The SMILES string of the molecule is COc1ccc2c(c1)C=C(C(=O)N1C3CCC34C1CN4C)Cn1c-2c(C2CCCCC2)c2ccc(C(=O)O)cc21. The van der Waals surface area contributed by atoms with Gasteiger partial charge >= 0.3 is 5.97 Å². The van der Waals surface area contributed by atoms with Crippen LogP contribution in [0, 0.1) is 0 Å². The van der Waals surface area contributed by atoms with E-state index in [-0.39, 0.29) is 17.0 Å². The van der Waals surface area contributed by atoms with Crippen LogP contribution in [0.4, 0.5) is 0 Å². The molecule has 0 bridgehead atoms. The van der Waals surface area contributed by atoms with Gasteiger partial charge in [0, 0.05) is 28.6 Å². The lowest BCUT2D eigenvalue weighted by molar-refractivity contribution is -0.273. The predicted molar refractivity (Wildman–Crippen MR) is 154 cm³/mol. The molecule has 1 aromatic heterocycles. The predicted octanol–water partition coefficient (Wildman–Crippen LogP) is 5.52. The molecule has 2 aromatic carbocycles. The lowest BCUT2D eigenvalue weighted by Gasteiger charge is -2.80. The molecule has 206 valence electrons. The summed E-state index contributed by atoms with van der Waals surface area (Å²) in [5, 5.41) is 11.0. The molecule has 5 aliphatic rings. The first-order valence-electron chi connectivity index (χ1n) is 14.7. The molecule has 3 aromatic rings. The monoisotopic (exact) mass is 537 g/mol. The van der Waals surface area contributed by atoms with Crippen molar-refractivity contribution in [3.05, 3.63) is 58.7 Å². The number of hydrogen-bond acceptors (Lipinski definition) is 4. The van der Waals surface area contributed by atoms with Crippen molar-refractivity contribution in [3.63, 3.8) is 0 Å². The summed E-state index contributed by atoms with van der Waals surface area (Å²) in [6.07, 6.45) is 10.2. The molecule has 1 amide bonds. The number of methoxy groups -OCH3 is 1. The maximum absolute atomic E-state index is 14.3. The molecule has 4 fully saturated rings. The molecule has 0 radical (unpaired) electrons. The minimum Gasteiger partial charge on any atom is -0.497 e. The third-order valence-corrected chi connectivity index (χ3v) is 10.8. The Labute approximate surface area is 234 Å². The Morgan fingerprint density at radius 1 is 1.02 bits per heavy atom. The highest BCUT2D eigenvalue weighted by Crippen LogP contribution is 2.60. The fraction of sp³-hybridized carbons (Fsp3) is 0.455. The zero-order chi connectivity index (χ0) is 27.3. The standard InChI is InChI=1S/C33H35N3O4/c1-34-18-28-33(34)13-12-27(33)36(28)31(37)22-14-21-15-23(40-2)9-11-24(21)30-29(19-6-4-3-5-7-19)25-10-8-20(32(38)39)16-26(25)35(30)17-22/h8-11,14-16,19,27-28H,3-7,12-13,17-18H2,1-2H3,(H,38,39). The first-order chi connectivity index (χ1) is 19.4. The highest BCUT2D eigenvalue weighted by atomic mass is 16.5. The number of piperazine rings is 1. The zero-order valence-electron chi connectivity index (χ0n) is 23.2. The van der Waals surface area contributed by atoms with Gasteiger partial charge < -0.3 is 19.3 Å². The maximum Gasteiger partial charge on any atom is 0.335 e. The van der Waals surface area contributed by atoms with E-state index in [4.69, 9.17) is 4.74 Å². The third-order valence-electron chi connectivity index (χ3n) is 10.8.